The SMILES string of the molecule is Cl.NC(=O)c1cnc(Oc2ccc3c(c2)CCC(c2ccccc2)O3)s1. The number of halogens is 1. The van der Waals surface area contributed by atoms with Crippen molar-refractivity contribution in [1.82, 2.24) is 4.98 Å². The van der Waals surface area contributed by atoms with Crippen LogP contribution >= 0.6 is 23.7 Å². The van der Waals surface area contributed by atoms with Crippen molar-refractivity contribution in [2.45, 2.75) is 18.9 Å². The Bertz CT molecular complexity index is 914. The second-order valence-electron chi connectivity index (χ2n) is 5.78. The number of benzene rings is 2. The van der Waals surface area contributed by atoms with E-state index in [9.17, 15) is 4.79 Å². The molecule has 2 heterocycles. The standard InChI is InChI=1S/C19H16N2O3S.ClH/c20-18(22)17-11-21-19(25-17)23-14-7-9-16-13(10-14)6-8-15(24-16)12-4-2-1-3-5-12;/h1-5,7,9-11,15H,6,8H2,(H2,20,22);1H. The van der Waals surface area contributed by atoms with Gasteiger partial charge < -0.3 is 15.2 Å². The van der Waals surface area contributed by atoms with E-state index in [0.29, 0.717) is 15.8 Å². The molecule has 0 fully saturated rings. The molecule has 2 aromatic carbocycles. The summed E-state index contributed by atoms with van der Waals surface area (Å²) in [5.41, 5.74) is 7.53. The number of amides is 1. The molecule has 0 bridgehead atoms. The van der Waals surface area contributed by atoms with Crippen molar-refractivity contribution < 1.29 is 14.3 Å². The minimum Gasteiger partial charge on any atom is -0.485 e. The van der Waals surface area contributed by atoms with E-state index >= 15 is 0 Å². The van der Waals surface area contributed by atoms with Crippen LogP contribution in [0.5, 0.6) is 16.7 Å². The van der Waals surface area contributed by atoms with Crippen LogP contribution in [0.25, 0.3) is 0 Å². The van der Waals surface area contributed by atoms with Crippen LogP contribution in [0.3, 0.4) is 0 Å². The summed E-state index contributed by atoms with van der Waals surface area (Å²) in [4.78, 5) is 15.6. The molecule has 3 aromatic rings. The predicted molar refractivity (Wildman–Crippen MR) is 103 cm³/mol. The zero-order valence-corrected chi connectivity index (χ0v) is 15.4. The Morgan fingerprint density at radius 3 is 2.77 bits per heavy atom. The zero-order chi connectivity index (χ0) is 17.2. The number of primary amides is 1. The lowest BCUT2D eigenvalue weighted by Crippen LogP contribution is -2.15. The van der Waals surface area contributed by atoms with Gasteiger partial charge in [-0.25, -0.2) is 4.98 Å². The zero-order valence-electron chi connectivity index (χ0n) is 13.8. The van der Waals surface area contributed by atoms with Crippen molar-refractivity contribution in [2.75, 3.05) is 0 Å². The number of nitrogens with zero attached hydrogens (tertiary/aromatic N) is 1. The number of carbonyl (C=O) groups excluding carboxylic acids is 1. The van der Waals surface area contributed by atoms with E-state index in [1.54, 1.807) is 0 Å². The van der Waals surface area contributed by atoms with E-state index in [-0.39, 0.29) is 18.5 Å². The molecule has 1 amide bonds. The highest BCUT2D eigenvalue weighted by atomic mass is 35.5. The van der Waals surface area contributed by atoms with Crippen LogP contribution in [-0.2, 0) is 6.42 Å². The van der Waals surface area contributed by atoms with E-state index in [1.165, 1.54) is 11.8 Å². The Hall–Kier alpha value is -2.57. The van der Waals surface area contributed by atoms with Crippen molar-refractivity contribution in [2.24, 2.45) is 5.73 Å². The summed E-state index contributed by atoms with van der Waals surface area (Å²) in [7, 11) is 0. The van der Waals surface area contributed by atoms with Crippen molar-refractivity contribution >= 4 is 29.7 Å². The quantitative estimate of drug-likeness (QED) is 0.712. The highest BCUT2D eigenvalue weighted by Crippen LogP contribution is 2.37. The lowest BCUT2D eigenvalue weighted by Gasteiger charge is -2.26. The Morgan fingerprint density at radius 2 is 2.04 bits per heavy atom. The lowest BCUT2D eigenvalue weighted by atomic mass is 9.97. The smallest absolute Gasteiger partial charge is 0.279 e. The molecule has 0 aliphatic carbocycles. The lowest BCUT2D eigenvalue weighted by molar-refractivity contribution is 0.100. The fourth-order valence-electron chi connectivity index (χ4n) is 2.85. The van der Waals surface area contributed by atoms with Gasteiger partial charge in [-0.2, -0.15) is 0 Å². The Balaban J connectivity index is 0.00000196. The topological polar surface area (TPSA) is 74.4 Å². The molecular weight excluding hydrogens is 372 g/mol. The largest absolute Gasteiger partial charge is 0.485 e. The molecule has 1 aliphatic rings. The molecular formula is C19H17ClN2O3S. The van der Waals surface area contributed by atoms with E-state index in [1.807, 2.05) is 36.4 Å². The van der Waals surface area contributed by atoms with Gasteiger partial charge in [0.05, 0.1) is 6.20 Å². The summed E-state index contributed by atoms with van der Waals surface area (Å²) >= 11 is 1.13. The van der Waals surface area contributed by atoms with Gasteiger partial charge in [-0.3, -0.25) is 4.79 Å². The first kappa shape index (κ1) is 18.2. The third kappa shape index (κ3) is 3.81. The first-order valence-electron chi connectivity index (χ1n) is 7.97. The highest BCUT2D eigenvalue weighted by molar-refractivity contribution is 7.15. The molecule has 5 nitrogen and oxygen atoms in total. The molecule has 26 heavy (non-hydrogen) atoms. The summed E-state index contributed by atoms with van der Waals surface area (Å²) in [6, 6.07) is 16.0. The molecule has 0 saturated carbocycles. The number of nitrogens with two attached hydrogens (primary N) is 1. The maximum atomic E-state index is 11.1. The van der Waals surface area contributed by atoms with Crippen molar-refractivity contribution in [3.05, 3.63) is 70.7 Å². The monoisotopic (exact) mass is 388 g/mol. The van der Waals surface area contributed by atoms with Gasteiger partial charge in [0, 0.05) is 0 Å². The molecule has 1 unspecified atom stereocenters. The predicted octanol–water partition coefficient (Wildman–Crippen LogP) is 4.52. The van der Waals surface area contributed by atoms with Gasteiger partial charge in [-0.15, -0.1) is 12.4 Å². The van der Waals surface area contributed by atoms with Crippen LogP contribution in [0, 0.1) is 0 Å². The maximum absolute atomic E-state index is 11.1. The molecule has 1 atom stereocenters. The van der Waals surface area contributed by atoms with Crippen LogP contribution in [0.4, 0.5) is 0 Å². The van der Waals surface area contributed by atoms with Crippen molar-refractivity contribution in [1.29, 1.82) is 0 Å². The number of aryl methyl sites for hydroxylation is 1. The number of carbonyl (C=O) groups is 1. The number of fused-ring (bicyclic) bond motifs is 1. The minimum absolute atomic E-state index is 0. The number of ether oxygens (including phenoxy) is 2. The maximum Gasteiger partial charge on any atom is 0.279 e. The van der Waals surface area contributed by atoms with Gasteiger partial charge >= 0.3 is 0 Å². The summed E-state index contributed by atoms with van der Waals surface area (Å²) in [6.45, 7) is 0. The number of aromatic nitrogens is 1. The van der Waals surface area contributed by atoms with Gasteiger partial charge in [0.2, 0.25) is 0 Å². The highest BCUT2D eigenvalue weighted by Gasteiger charge is 2.21. The van der Waals surface area contributed by atoms with Gasteiger partial charge in [0.25, 0.3) is 11.1 Å². The fraction of sp³-hybridized carbons (Fsp3) is 0.158. The molecule has 4 rings (SSSR count). The Kier molecular flexibility index (Phi) is 5.44. The van der Waals surface area contributed by atoms with Gasteiger partial charge in [0.15, 0.2) is 0 Å². The first-order chi connectivity index (χ1) is 12.2. The van der Waals surface area contributed by atoms with Gasteiger partial charge in [-0.1, -0.05) is 41.7 Å². The molecule has 0 saturated heterocycles. The normalized spacial score (nSPS) is 15.3. The summed E-state index contributed by atoms with van der Waals surface area (Å²) in [5.74, 6) is 1.05. The average Bonchev–Trinajstić information content (AvgIpc) is 3.11. The Morgan fingerprint density at radius 1 is 1.23 bits per heavy atom. The third-order valence-corrected chi connectivity index (χ3v) is 4.97. The Labute approximate surface area is 161 Å². The molecule has 0 radical (unpaired) electrons. The summed E-state index contributed by atoms with van der Waals surface area (Å²) in [5, 5.41) is 0.396. The van der Waals surface area contributed by atoms with E-state index in [0.717, 1.165) is 35.5 Å². The van der Waals surface area contributed by atoms with Crippen LogP contribution < -0.4 is 15.2 Å². The number of hydrogen-bond acceptors (Lipinski definition) is 5. The van der Waals surface area contributed by atoms with Crippen LogP contribution in [0.2, 0.25) is 0 Å². The van der Waals surface area contributed by atoms with Gasteiger partial charge in [0.1, 0.15) is 22.5 Å². The minimum atomic E-state index is -0.502. The number of hydrogen-bond donors (Lipinski definition) is 1. The van der Waals surface area contributed by atoms with E-state index < -0.39 is 5.91 Å². The molecule has 7 heteroatoms. The number of thiazole rings is 1. The van der Waals surface area contributed by atoms with Crippen molar-refractivity contribution in [3.8, 4) is 16.7 Å². The van der Waals surface area contributed by atoms with Gasteiger partial charge in [-0.05, 0) is 42.2 Å². The van der Waals surface area contributed by atoms with Crippen LogP contribution in [-0.4, -0.2) is 10.9 Å². The second kappa shape index (κ2) is 7.76. The molecule has 1 aliphatic heterocycles. The number of rotatable bonds is 4. The van der Waals surface area contributed by atoms with E-state index in [2.05, 4.69) is 17.1 Å². The molecule has 0 spiro atoms. The summed E-state index contributed by atoms with van der Waals surface area (Å²) in [6.07, 6.45) is 3.34. The molecule has 1 aromatic heterocycles. The molecule has 134 valence electrons. The van der Waals surface area contributed by atoms with Crippen LogP contribution in [0.15, 0.2) is 54.7 Å². The average molecular weight is 389 g/mol. The van der Waals surface area contributed by atoms with Crippen LogP contribution in [0.1, 0.15) is 33.3 Å². The molecule has 2 N–H and O–H groups in total. The van der Waals surface area contributed by atoms with E-state index in [4.69, 9.17) is 15.2 Å². The third-order valence-electron chi connectivity index (χ3n) is 4.08. The fourth-order valence-corrected chi connectivity index (χ4v) is 3.49. The first-order valence-corrected chi connectivity index (χ1v) is 8.79. The van der Waals surface area contributed by atoms with Crippen molar-refractivity contribution in [3.63, 3.8) is 0 Å². The summed E-state index contributed by atoms with van der Waals surface area (Å²) < 4.78 is 11.9. The second-order valence-corrected chi connectivity index (χ2v) is 6.78.